The van der Waals surface area contributed by atoms with Crippen molar-refractivity contribution in [3.05, 3.63) is 35.2 Å². The van der Waals surface area contributed by atoms with Gasteiger partial charge in [0.15, 0.2) is 16.1 Å². The third-order valence-corrected chi connectivity index (χ3v) is 2.91. The third kappa shape index (κ3) is 4.09. The summed E-state index contributed by atoms with van der Waals surface area (Å²) in [6.45, 7) is 1.52. The van der Waals surface area contributed by atoms with Gasteiger partial charge in [-0.15, -0.1) is 10.2 Å². The van der Waals surface area contributed by atoms with E-state index in [1.54, 1.807) is 29.2 Å². The molecule has 5 nitrogen and oxygen atoms in total. The van der Waals surface area contributed by atoms with Gasteiger partial charge in [-0.25, -0.2) is 4.68 Å². The zero-order chi connectivity index (χ0) is 13.7. The molecule has 0 bridgehead atoms. The molecule has 0 atom stereocenters. The number of hydrogen-bond acceptors (Lipinski definition) is 5. The predicted molar refractivity (Wildman–Crippen MR) is 74.2 cm³/mol. The van der Waals surface area contributed by atoms with Gasteiger partial charge in [-0.05, 0) is 12.1 Å². The first-order chi connectivity index (χ1) is 9.15. The predicted octanol–water partition coefficient (Wildman–Crippen LogP) is 1.95. The molecule has 0 aliphatic heterocycles. The number of thioether (sulfide) groups is 1. The molecule has 0 fully saturated rings. The van der Waals surface area contributed by atoms with E-state index in [0.717, 1.165) is 5.56 Å². The third-order valence-electron chi connectivity index (χ3n) is 2.02. The second-order valence-corrected chi connectivity index (χ2v) is 5.01. The van der Waals surface area contributed by atoms with Crippen LogP contribution in [0.25, 0.3) is 5.82 Å². The molecule has 96 valence electrons. The van der Waals surface area contributed by atoms with Gasteiger partial charge in [0, 0.05) is 13.1 Å². The lowest BCUT2D eigenvalue weighted by Gasteiger charge is -1.96. The van der Waals surface area contributed by atoms with Crippen molar-refractivity contribution in [3.8, 4) is 17.7 Å². The van der Waals surface area contributed by atoms with Crippen molar-refractivity contribution >= 4 is 28.5 Å². The molecule has 0 radical (unpaired) electrons. The van der Waals surface area contributed by atoms with Gasteiger partial charge < -0.3 is 0 Å². The summed E-state index contributed by atoms with van der Waals surface area (Å²) in [4.78, 5) is 10.7. The molecular weight excluding hydrogens is 284 g/mol. The van der Waals surface area contributed by atoms with Crippen LogP contribution in [-0.2, 0) is 4.79 Å². The Kier molecular flexibility index (Phi) is 4.55. The Morgan fingerprint density at radius 3 is 3.00 bits per heavy atom. The summed E-state index contributed by atoms with van der Waals surface area (Å²) in [6, 6.07) is 3.35. The Hall–Kier alpha value is -1.84. The Morgan fingerprint density at radius 2 is 2.32 bits per heavy atom. The quantitative estimate of drug-likeness (QED) is 0.792. The van der Waals surface area contributed by atoms with E-state index in [1.807, 2.05) is 0 Å². The molecule has 0 spiro atoms. The maximum atomic E-state index is 10.7. The summed E-state index contributed by atoms with van der Waals surface area (Å²) in [7, 11) is 0. The molecule has 2 heterocycles. The normalized spacial score (nSPS) is 9.79. The molecule has 2 aromatic rings. The van der Waals surface area contributed by atoms with Crippen molar-refractivity contribution in [2.75, 3.05) is 5.75 Å². The zero-order valence-corrected chi connectivity index (χ0v) is 11.6. The smallest absolute Gasteiger partial charge is 0.186 e. The molecule has 0 aromatic carbocycles. The lowest BCUT2D eigenvalue weighted by atomic mass is 10.4. The summed E-state index contributed by atoms with van der Waals surface area (Å²) in [5.41, 5.74) is 0.751. The molecule has 0 N–H and O–H groups in total. The van der Waals surface area contributed by atoms with Crippen LogP contribution in [0.3, 0.4) is 0 Å². The zero-order valence-electron chi connectivity index (χ0n) is 10.00. The van der Waals surface area contributed by atoms with Gasteiger partial charge in [0.2, 0.25) is 0 Å². The summed E-state index contributed by atoms with van der Waals surface area (Å²) in [5, 5.41) is 12.2. The van der Waals surface area contributed by atoms with Crippen LogP contribution in [0.4, 0.5) is 0 Å². The molecular formula is C12H9ClN4OS. The standard InChI is InChI=1S/C12H9ClN4OS/c1-9(18)19-6-2-3-10-7-14-17(8-10)12-5-4-11(13)15-16-12/h4-5,7-8H,6H2,1H3. The molecule has 0 aliphatic carbocycles. The number of carbonyl (C=O) groups is 1. The average molecular weight is 293 g/mol. The van der Waals surface area contributed by atoms with E-state index >= 15 is 0 Å². The molecule has 0 amide bonds. The fraction of sp³-hybridized carbons (Fsp3) is 0.167. The van der Waals surface area contributed by atoms with E-state index in [9.17, 15) is 4.79 Å². The Morgan fingerprint density at radius 1 is 1.47 bits per heavy atom. The van der Waals surface area contributed by atoms with Crippen molar-refractivity contribution in [2.24, 2.45) is 0 Å². The van der Waals surface area contributed by atoms with Gasteiger partial charge in [0.1, 0.15) is 0 Å². The van der Waals surface area contributed by atoms with E-state index in [4.69, 9.17) is 11.6 Å². The Bertz CT molecular complexity index is 642. The lowest BCUT2D eigenvalue weighted by Crippen LogP contribution is -1.98. The van der Waals surface area contributed by atoms with Crippen LogP contribution in [-0.4, -0.2) is 30.8 Å². The van der Waals surface area contributed by atoms with E-state index in [1.165, 1.54) is 18.7 Å². The van der Waals surface area contributed by atoms with Crippen molar-refractivity contribution in [1.82, 2.24) is 20.0 Å². The number of hydrogen-bond donors (Lipinski definition) is 0. The van der Waals surface area contributed by atoms with Crippen LogP contribution >= 0.6 is 23.4 Å². The highest BCUT2D eigenvalue weighted by molar-refractivity contribution is 8.13. The second kappa shape index (κ2) is 6.36. The highest BCUT2D eigenvalue weighted by Gasteiger charge is 2.01. The maximum Gasteiger partial charge on any atom is 0.186 e. The molecule has 0 saturated heterocycles. The van der Waals surface area contributed by atoms with Crippen LogP contribution < -0.4 is 0 Å². The highest BCUT2D eigenvalue weighted by atomic mass is 35.5. The minimum Gasteiger partial charge on any atom is -0.288 e. The van der Waals surface area contributed by atoms with Crippen LogP contribution in [0, 0.1) is 11.8 Å². The van der Waals surface area contributed by atoms with Crippen LogP contribution in [0.1, 0.15) is 12.5 Å². The van der Waals surface area contributed by atoms with Crippen molar-refractivity contribution in [2.45, 2.75) is 6.92 Å². The Labute approximate surface area is 119 Å². The van der Waals surface area contributed by atoms with E-state index < -0.39 is 0 Å². The molecule has 19 heavy (non-hydrogen) atoms. The van der Waals surface area contributed by atoms with Gasteiger partial charge in [-0.2, -0.15) is 5.10 Å². The summed E-state index contributed by atoms with van der Waals surface area (Å²) in [6.07, 6.45) is 3.37. The van der Waals surface area contributed by atoms with E-state index in [0.29, 0.717) is 16.7 Å². The summed E-state index contributed by atoms with van der Waals surface area (Å²) < 4.78 is 1.56. The first kappa shape index (κ1) is 13.6. The number of halogens is 1. The summed E-state index contributed by atoms with van der Waals surface area (Å²) >= 11 is 6.84. The fourth-order valence-electron chi connectivity index (χ4n) is 1.22. The molecule has 0 saturated carbocycles. The van der Waals surface area contributed by atoms with Crippen molar-refractivity contribution < 1.29 is 4.79 Å². The van der Waals surface area contributed by atoms with Crippen LogP contribution in [0.15, 0.2) is 24.5 Å². The SMILES string of the molecule is CC(=O)SCC#Cc1cnn(-c2ccc(Cl)nn2)c1. The molecule has 0 aliphatic rings. The Balaban J connectivity index is 2.06. The van der Waals surface area contributed by atoms with Gasteiger partial charge in [-0.3, -0.25) is 4.79 Å². The highest BCUT2D eigenvalue weighted by Crippen LogP contribution is 2.07. The lowest BCUT2D eigenvalue weighted by molar-refractivity contribution is -0.109. The van der Waals surface area contributed by atoms with Gasteiger partial charge in [0.05, 0.1) is 17.5 Å². The average Bonchev–Trinajstić information content (AvgIpc) is 2.84. The van der Waals surface area contributed by atoms with E-state index in [-0.39, 0.29) is 5.12 Å². The molecule has 7 heteroatoms. The number of carbonyl (C=O) groups excluding carboxylic acids is 1. The number of nitrogens with zero attached hydrogens (tertiary/aromatic N) is 4. The maximum absolute atomic E-state index is 10.7. The topological polar surface area (TPSA) is 60.7 Å². The second-order valence-electron chi connectivity index (χ2n) is 3.47. The number of rotatable bonds is 2. The van der Waals surface area contributed by atoms with Gasteiger partial charge in [0.25, 0.3) is 0 Å². The van der Waals surface area contributed by atoms with Crippen molar-refractivity contribution in [3.63, 3.8) is 0 Å². The van der Waals surface area contributed by atoms with Crippen molar-refractivity contribution in [1.29, 1.82) is 0 Å². The van der Waals surface area contributed by atoms with Crippen LogP contribution in [0.5, 0.6) is 0 Å². The molecule has 0 unspecified atom stereocenters. The van der Waals surface area contributed by atoms with E-state index in [2.05, 4.69) is 27.1 Å². The fourth-order valence-corrected chi connectivity index (χ4v) is 1.67. The number of aromatic nitrogens is 4. The summed E-state index contributed by atoms with van der Waals surface area (Å²) in [5.74, 6) is 6.85. The first-order valence-electron chi connectivity index (χ1n) is 5.31. The van der Waals surface area contributed by atoms with Gasteiger partial charge in [-0.1, -0.05) is 35.2 Å². The first-order valence-corrected chi connectivity index (χ1v) is 6.68. The minimum absolute atomic E-state index is 0.0569. The molecule has 2 aromatic heterocycles. The molecule has 2 rings (SSSR count). The monoisotopic (exact) mass is 292 g/mol. The van der Waals surface area contributed by atoms with Crippen LogP contribution in [0.2, 0.25) is 5.15 Å². The van der Waals surface area contributed by atoms with Gasteiger partial charge >= 0.3 is 0 Å². The largest absolute Gasteiger partial charge is 0.288 e. The minimum atomic E-state index is 0.0569.